The van der Waals surface area contributed by atoms with Crippen molar-refractivity contribution in [3.63, 3.8) is 0 Å². The number of carbonyl (C=O) groups is 2. The van der Waals surface area contributed by atoms with E-state index in [1.807, 2.05) is 13.8 Å². The number of methoxy groups -OCH3 is 2. The Balaban J connectivity index is 2.11. The van der Waals surface area contributed by atoms with Crippen molar-refractivity contribution in [3.8, 4) is 17.2 Å². The molecule has 0 bridgehead atoms. The zero-order chi connectivity index (χ0) is 21.6. The number of aliphatic carboxylic acids is 1. The number of ether oxygens (including phenoxy) is 3. The monoisotopic (exact) mass is 418 g/mol. The predicted molar refractivity (Wildman–Crippen MR) is 107 cm³/mol. The second kappa shape index (κ2) is 9.84. The van der Waals surface area contributed by atoms with Crippen LogP contribution in [0.25, 0.3) is 6.08 Å². The molecule has 1 N–H and O–H groups in total. The summed E-state index contributed by atoms with van der Waals surface area (Å²) in [5, 5.41) is 14.3. The van der Waals surface area contributed by atoms with Crippen molar-refractivity contribution in [1.82, 2.24) is 5.32 Å². The summed E-state index contributed by atoms with van der Waals surface area (Å²) >= 11 is 6.10. The van der Waals surface area contributed by atoms with Crippen LogP contribution in [0.15, 0.2) is 36.0 Å². The second-order valence-electron chi connectivity index (χ2n) is 6.17. The lowest BCUT2D eigenvalue weighted by molar-refractivity contribution is -0.299. The third-order valence-electron chi connectivity index (χ3n) is 3.99. The van der Waals surface area contributed by atoms with Gasteiger partial charge in [0.25, 0.3) is 5.91 Å². The first-order valence-corrected chi connectivity index (χ1v) is 8.97. The van der Waals surface area contributed by atoms with Crippen LogP contribution in [-0.4, -0.2) is 32.7 Å². The molecule has 0 saturated carbocycles. The van der Waals surface area contributed by atoms with Crippen LogP contribution >= 0.6 is 11.6 Å². The number of rotatable bonds is 8. The molecule has 2 rings (SSSR count). The van der Waals surface area contributed by atoms with Crippen molar-refractivity contribution in [3.05, 3.63) is 57.7 Å². The number of hydrogen-bond donors (Lipinski definition) is 1. The molecule has 2 aromatic rings. The molecule has 0 aromatic heterocycles. The lowest BCUT2D eigenvalue weighted by atomic mass is 10.1. The molecule has 0 heterocycles. The van der Waals surface area contributed by atoms with Crippen molar-refractivity contribution in [1.29, 1.82) is 0 Å². The smallest absolute Gasteiger partial charge is 0.262 e. The number of carbonyl (C=O) groups excluding carboxylic acids is 2. The molecular weight excluding hydrogens is 398 g/mol. The van der Waals surface area contributed by atoms with E-state index in [0.717, 1.165) is 11.1 Å². The van der Waals surface area contributed by atoms with Gasteiger partial charge >= 0.3 is 0 Å². The standard InChI is InChI=1S/C21H22ClNO6/c1-12-7-15(8-13(2)20(12)22)29-11-19(24)23-16(21(25)26)9-14-5-6-17(27-3)18(10-14)28-4/h5-10H,11H2,1-4H3,(H,23,24)(H,25,26)/p-1/b16-9+. The van der Waals surface area contributed by atoms with E-state index >= 15 is 0 Å². The third kappa shape index (κ3) is 5.89. The molecule has 154 valence electrons. The Hall–Kier alpha value is -3.19. The zero-order valence-corrected chi connectivity index (χ0v) is 17.3. The lowest BCUT2D eigenvalue weighted by Gasteiger charge is -2.13. The van der Waals surface area contributed by atoms with Gasteiger partial charge in [-0.15, -0.1) is 0 Å². The molecule has 29 heavy (non-hydrogen) atoms. The van der Waals surface area contributed by atoms with Gasteiger partial charge in [0.1, 0.15) is 5.75 Å². The van der Waals surface area contributed by atoms with Gasteiger partial charge < -0.3 is 29.4 Å². The fraction of sp³-hybridized carbons (Fsp3) is 0.238. The van der Waals surface area contributed by atoms with E-state index in [0.29, 0.717) is 27.8 Å². The number of amides is 1. The van der Waals surface area contributed by atoms with Crippen molar-refractivity contribution >= 4 is 29.6 Å². The molecule has 0 aliphatic carbocycles. The minimum absolute atomic E-state index is 0.378. The lowest BCUT2D eigenvalue weighted by Crippen LogP contribution is -2.37. The van der Waals surface area contributed by atoms with Gasteiger partial charge in [0.15, 0.2) is 18.1 Å². The van der Waals surface area contributed by atoms with Gasteiger partial charge in [0.2, 0.25) is 0 Å². The van der Waals surface area contributed by atoms with E-state index in [2.05, 4.69) is 5.32 Å². The number of halogens is 1. The van der Waals surface area contributed by atoms with Crippen LogP contribution < -0.4 is 24.6 Å². The number of carboxylic acid groups (broad SMARTS) is 1. The zero-order valence-electron chi connectivity index (χ0n) is 16.5. The molecule has 7 nitrogen and oxygen atoms in total. The highest BCUT2D eigenvalue weighted by molar-refractivity contribution is 6.32. The van der Waals surface area contributed by atoms with Gasteiger partial charge in [0.05, 0.1) is 25.9 Å². The topological polar surface area (TPSA) is 96.9 Å². The maximum atomic E-state index is 12.1. The summed E-state index contributed by atoms with van der Waals surface area (Å²) in [5.41, 5.74) is 1.69. The number of carboxylic acids is 1. The number of nitrogens with one attached hydrogen (secondary N) is 1. The Morgan fingerprint density at radius 3 is 2.24 bits per heavy atom. The Labute approximate surface area is 173 Å². The van der Waals surface area contributed by atoms with Crippen molar-refractivity contribution in [2.75, 3.05) is 20.8 Å². The minimum atomic E-state index is -1.54. The molecule has 2 aromatic carbocycles. The molecule has 0 radical (unpaired) electrons. The fourth-order valence-electron chi connectivity index (χ4n) is 2.58. The van der Waals surface area contributed by atoms with Gasteiger partial charge in [-0.2, -0.15) is 0 Å². The summed E-state index contributed by atoms with van der Waals surface area (Å²) in [6.45, 7) is 3.27. The van der Waals surface area contributed by atoms with E-state index < -0.39 is 17.6 Å². The highest BCUT2D eigenvalue weighted by atomic mass is 35.5. The molecule has 0 atom stereocenters. The van der Waals surface area contributed by atoms with Crippen LogP contribution in [0.5, 0.6) is 17.2 Å². The maximum Gasteiger partial charge on any atom is 0.262 e. The Morgan fingerprint density at radius 2 is 1.69 bits per heavy atom. The van der Waals surface area contributed by atoms with E-state index in [1.54, 1.807) is 30.3 Å². The highest BCUT2D eigenvalue weighted by Gasteiger charge is 2.10. The Morgan fingerprint density at radius 1 is 1.07 bits per heavy atom. The normalized spacial score (nSPS) is 11.0. The largest absolute Gasteiger partial charge is 0.543 e. The molecule has 0 aliphatic heterocycles. The van der Waals surface area contributed by atoms with Crippen LogP contribution in [0.4, 0.5) is 0 Å². The molecular formula is C21H21ClNO6-. The average Bonchev–Trinajstić information content (AvgIpc) is 2.69. The minimum Gasteiger partial charge on any atom is -0.543 e. The van der Waals surface area contributed by atoms with E-state index in [9.17, 15) is 14.7 Å². The van der Waals surface area contributed by atoms with Crippen LogP contribution in [0.2, 0.25) is 5.02 Å². The summed E-state index contributed by atoms with van der Waals surface area (Å²) < 4.78 is 15.8. The van der Waals surface area contributed by atoms with Gasteiger partial charge in [0, 0.05) is 5.02 Å². The van der Waals surface area contributed by atoms with Gasteiger partial charge in [-0.25, -0.2) is 0 Å². The second-order valence-corrected chi connectivity index (χ2v) is 6.55. The van der Waals surface area contributed by atoms with Gasteiger partial charge in [-0.05, 0) is 60.9 Å². The summed E-state index contributed by atoms with van der Waals surface area (Å²) in [5.74, 6) is -0.816. The first-order valence-electron chi connectivity index (χ1n) is 8.59. The molecule has 0 spiro atoms. The predicted octanol–water partition coefficient (Wildman–Crippen LogP) is 2.26. The van der Waals surface area contributed by atoms with Crippen molar-refractivity contribution in [2.45, 2.75) is 13.8 Å². The summed E-state index contributed by atoms with van der Waals surface area (Å²) in [6.07, 6.45) is 1.26. The van der Waals surface area contributed by atoms with E-state index in [4.69, 9.17) is 25.8 Å². The Kier molecular flexibility index (Phi) is 7.50. The van der Waals surface area contributed by atoms with Crippen molar-refractivity contribution < 1.29 is 28.9 Å². The van der Waals surface area contributed by atoms with Gasteiger partial charge in [-0.1, -0.05) is 17.7 Å². The SMILES string of the molecule is COc1ccc(/C=C(/NC(=O)COc2cc(C)c(Cl)c(C)c2)C(=O)[O-])cc1OC. The molecule has 0 saturated heterocycles. The molecule has 0 aliphatic rings. The fourth-order valence-corrected chi connectivity index (χ4v) is 2.69. The van der Waals surface area contributed by atoms with Gasteiger partial charge in [-0.3, -0.25) is 4.79 Å². The first-order chi connectivity index (χ1) is 13.7. The third-order valence-corrected chi connectivity index (χ3v) is 4.59. The Bertz CT molecular complexity index is 931. The van der Waals surface area contributed by atoms with Crippen molar-refractivity contribution in [2.24, 2.45) is 0 Å². The van der Waals surface area contributed by atoms with Crippen LogP contribution in [0.1, 0.15) is 16.7 Å². The number of aryl methyl sites for hydroxylation is 2. The van der Waals surface area contributed by atoms with E-state index in [1.165, 1.54) is 20.3 Å². The molecule has 8 heteroatoms. The average molecular weight is 419 g/mol. The molecule has 1 amide bonds. The summed E-state index contributed by atoms with van der Waals surface area (Å²) in [4.78, 5) is 23.6. The van der Waals surface area contributed by atoms with Crippen LogP contribution in [0, 0.1) is 13.8 Å². The summed E-state index contributed by atoms with van der Waals surface area (Å²) in [7, 11) is 2.95. The highest BCUT2D eigenvalue weighted by Crippen LogP contribution is 2.28. The van der Waals surface area contributed by atoms with Crippen LogP contribution in [-0.2, 0) is 9.59 Å². The van der Waals surface area contributed by atoms with E-state index in [-0.39, 0.29) is 6.61 Å². The molecule has 0 unspecified atom stereocenters. The number of hydrogen-bond acceptors (Lipinski definition) is 6. The first kappa shape index (κ1) is 22.1. The molecule has 0 fully saturated rings. The summed E-state index contributed by atoms with van der Waals surface area (Å²) in [6, 6.07) is 8.20. The quantitative estimate of drug-likeness (QED) is 0.660. The maximum absolute atomic E-state index is 12.1. The van der Waals surface area contributed by atoms with Crippen LogP contribution in [0.3, 0.4) is 0 Å². The number of benzene rings is 2.